The highest BCUT2D eigenvalue weighted by Gasteiger charge is 2.13. The van der Waals surface area contributed by atoms with Crippen molar-refractivity contribution in [2.24, 2.45) is 7.05 Å². The van der Waals surface area contributed by atoms with Gasteiger partial charge in [0.25, 0.3) is 5.69 Å². The lowest BCUT2D eigenvalue weighted by Gasteiger charge is -1.92. The van der Waals surface area contributed by atoms with Crippen molar-refractivity contribution in [2.45, 2.75) is 0 Å². The highest BCUT2D eigenvalue weighted by Crippen LogP contribution is 2.22. The van der Waals surface area contributed by atoms with Crippen LogP contribution in [-0.4, -0.2) is 14.7 Å². The molecule has 6 heteroatoms. The topological polar surface area (TPSA) is 61.0 Å². The molecule has 0 aliphatic rings. The third-order valence-electron chi connectivity index (χ3n) is 1.87. The van der Waals surface area contributed by atoms with Crippen LogP contribution in [0.2, 0.25) is 0 Å². The minimum absolute atomic E-state index is 0.151. The molecule has 0 atom stereocenters. The number of hydrogen-bond donors (Lipinski definition) is 0. The van der Waals surface area contributed by atoms with Crippen LogP contribution in [-0.2, 0) is 7.05 Å². The highest BCUT2D eigenvalue weighted by molar-refractivity contribution is 5.81. The molecule has 0 saturated heterocycles. The van der Waals surface area contributed by atoms with Gasteiger partial charge in [0.05, 0.1) is 11.0 Å². The number of aryl methyl sites for hydroxylation is 1. The number of non-ortho nitro benzene ring substituents is 1. The predicted octanol–water partition coefficient (Wildman–Crippen LogP) is 1.62. The molecule has 5 nitrogen and oxygen atoms in total. The van der Waals surface area contributed by atoms with Gasteiger partial charge in [-0.2, -0.15) is 5.10 Å². The second-order valence-corrected chi connectivity index (χ2v) is 2.93. The zero-order chi connectivity index (χ0) is 10.3. The van der Waals surface area contributed by atoms with Crippen LogP contribution in [0.5, 0.6) is 0 Å². The van der Waals surface area contributed by atoms with Gasteiger partial charge in [0.2, 0.25) is 0 Å². The second-order valence-electron chi connectivity index (χ2n) is 2.93. The first kappa shape index (κ1) is 8.61. The van der Waals surface area contributed by atoms with Crippen LogP contribution in [0.25, 0.3) is 10.9 Å². The first-order valence-electron chi connectivity index (χ1n) is 3.85. The average molecular weight is 195 g/mol. The van der Waals surface area contributed by atoms with Crippen molar-refractivity contribution in [1.29, 1.82) is 0 Å². The lowest BCUT2D eigenvalue weighted by Crippen LogP contribution is -1.89. The number of aromatic nitrogens is 2. The molecule has 0 saturated carbocycles. The zero-order valence-electron chi connectivity index (χ0n) is 7.27. The molecule has 0 spiro atoms. The Bertz CT molecular complexity index is 521. The molecule has 0 N–H and O–H groups in total. The van der Waals surface area contributed by atoms with E-state index in [1.165, 1.54) is 16.9 Å². The number of nitro groups is 1. The number of rotatable bonds is 1. The SMILES string of the molecule is Cn1cc2cc([N+](=O)[O-])cc(F)c2n1. The van der Waals surface area contributed by atoms with Crippen LogP contribution in [0.3, 0.4) is 0 Å². The third kappa shape index (κ3) is 1.20. The maximum Gasteiger partial charge on any atom is 0.273 e. The van der Waals surface area contributed by atoms with Crippen molar-refractivity contribution in [3.8, 4) is 0 Å². The fourth-order valence-electron chi connectivity index (χ4n) is 1.30. The van der Waals surface area contributed by atoms with Crippen LogP contribution in [0, 0.1) is 15.9 Å². The van der Waals surface area contributed by atoms with E-state index in [2.05, 4.69) is 5.10 Å². The molecule has 0 amide bonds. The maximum atomic E-state index is 13.2. The summed E-state index contributed by atoms with van der Waals surface area (Å²) in [5, 5.41) is 14.7. The Labute approximate surface area is 77.9 Å². The molecule has 72 valence electrons. The molecule has 1 heterocycles. The third-order valence-corrected chi connectivity index (χ3v) is 1.87. The Morgan fingerprint density at radius 1 is 1.57 bits per heavy atom. The summed E-state index contributed by atoms with van der Waals surface area (Å²) in [5.41, 5.74) is -0.110. The normalized spacial score (nSPS) is 10.7. The van der Waals surface area contributed by atoms with Gasteiger partial charge in [-0.1, -0.05) is 0 Å². The van der Waals surface area contributed by atoms with Gasteiger partial charge in [-0.3, -0.25) is 14.8 Å². The first-order chi connectivity index (χ1) is 6.58. The summed E-state index contributed by atoms with van der Waals surface area (Å²) in [6.07, 6.45) is 1.53. The van der Waals surface area contributed by atoms with Gasteiger partial charge in [0.1, 0.15) is 5.52 Å². The molecular weight excluding hydrogens is 189 g/mol. The molecule has 0 unspecified atom stereocenters. The summed E-state index contributed by atoms with van der Waals surface area (Å²) in [7, 11) is 1.63. The van der Waals surface area contributed by atoms with Gasteiger partial charge in [-0.25, -0.2) is 4.39 Å². The number of nitrogens with zero attached hydrogens (tertiary/aromatic N) is 3. The van der Waals surface area contributed by atoms with E-state index < -0.39 is 10.7 Å². The van der Waals surface area contributed by atoms with Crippen molar-refractivity contribution < 1.29 is 9.31 Å². The van der Waals surface area contributed by atoms with E-state index in [0.29, 0.717) is 5.39 Å². The molecule has 0 aliphatic carbocycles. The van der Waals surface area contributed by atoms with Gasteiger partial charge < -0.3 is 0 Å². The molecule has 1 aromatic carbocycles. The largest absolute Gasteiger partial charge is 0.274 e. The van der Waals surface area contributed by atoms with Crippen molar-refractivity contribution in [3.05, 3.63) is 34.3 Å². The maximum absolute atomic E-state index is 13.2. The molecule has 14 heavy (non-hydrogen) atoms. The van der Waals surface area contributed by atoms with Crippen LogP contribution >= 0.6 is 0 Å². The van der Waals surface area contributed by atoms with Crippen molar-refractivity contribution in [1.82, 2.24) is 9.78 Å². The molecule has 0 radical (unpaired) electrons. The minimum atomic E-state index is -0.671. The number of benzene rings is 1. The number of halogens is 1. The van der Waals surface area contributed by atoms with Crippen LogP contribution < -0.4 is 0 Å². The zero-order valence-corrected chi connectivity index (χ0v) is 7.27. The summed E-state index contributed by atoms with van der Waals surface area (Å²) in [5.74, 6) is -0.671. The van der Waals surface area contributed by atoms with E-state index in [4.69, 9.17) is 0 Å². The lowest BCUT2D eigenvalue weighted by molar-refractivity contribution is -0.384. The summed E-state index contributed by atoms with van der Waals surface area (Å²) in [6.45, 7) is 0. The van der Waals surface area contributed by atoms with Crippen molar-refractivity contribution >= 4 is 16.6 Å². The average Bonchev–Trinajstić information content (AvgIpc) is 2.45. The number of nitro benzene ring substituents is 1. The molecule has 2 aromatic rings. The van der Waals surface area contributed by atoms with Crippen molar-refractivity contribution in [2.75, 3.05) is 0 Å². The van der Waals surface area contributed by atoms with Crippen LogP contribution in [0.15, 0.2) is 18.3 Å². The van der Waals surface area contributed by atoms with E-state index >= 15 is 0 Å². The quantitative estimate of drug-likeness (QED) is 0.513. The van der Waals surface area contributed by atoms with Gasteiger partial charge in [0, 0.05) is 24.7 Å². The lowest BCUT2D eigenvalue weighted by atomic mass is 10.2. The van der Waals surface area contributed by atoms with Gasteiger partial charge in [0.15, 0.2) is 5.82 Å². The van der Waals surface area contributed by atoms with Crippen LogP contribution in [0.1, 0.15) is 0 Å². The highest BCUT2D eigenvalue weighted by atomic mass is 19.1. The molecular formula is C8H6FN3O2. The standard InChI is InChI=1S/C8H6FN3O2/c1-11-4-5-2-6(12(13)14)3-7(9)8(5)10-11/h2-4H,1H3. The van der Waals surface area contributed by atoms with E-state index in [0.717, 1.165) is 6.07 Å². The monoisotopic (exact) mass is 195 g/mol. The fourth-order valence-corrected chi connectivity index (χ4v) is 1.30. The van der Waals surface area contributed by atoms with Gasteiger partial charge in [-0.15, -0.1) is 0 Å². The molecule has 0 fully saturated rings. The van der Waals surface area contributed by atoms with Crippen molar-refractivity contribution in [3.63, 3.8) is 0 Å². The summed E-state index contributed by atoms with van der Waals surface area (Å²) in [4.78, 5) is 9.79. The van der Waals surface area contributed by atoms with E-state index in [9.17, 15) is 14.5 Å². The Hall–Kier alpha value is -1.98. The van der Waals surface area contributed by atoms with E-state index in [-0.39, 0.29) is 11.2 Å². The summed E-state index contributed by atoms with van der Waals surface area (Å²) >= 11 is 0. The minimum Gasteiger partial charge on any atom is -0.274 e. The second kappa shape index (κ2) is 2.76. The number of fused-ring (bicyclic) bond motifs is 1. The first-order valence-corrected chi connectivity index (χ1v) is 3.85. The summed E-state index contributed by atoms with van der Waals surface area (Å²) in [6, 6.07) is 2.17. The van der Waals surface area contributed by atoms with Gasteiger partial charge in [-0.05, 0) is 0 Å². The fraction of sp³-hybridized carbons (Fsp3) is 0.125. The smallest absolute Gasteiger partial charge is 0.273 e. The number of hydrogen-bond acceptors (Lipinski definition) is 3. The molecule has 1 aromatic heterocycles. The Morgan fingerprint density at radius 3 is 2.93 bits per heavy atom. The Kier molecular flexibility index (Phi) is 1.70. The molecule has 0 bridgehead atoms. The molecule has 2 rings (SSSR count). The van der Waals surface area contributed by atoms with E-state index in [1.54, 1.807) is 7.05 Å². The summed E-state index contributed by atoms with van der Waals surface area (Å²) < 4.78 is 14.7. The van der Waals surface area contributed by atoms with Crippen LogP contribution in [0.4, 0.5) is 10.1 Å². The Morgan fingerprint density at radius 2 is 2.29 bits per heavy atom. The van der Waals surface area contributed by atoms with E-state index in [1.807, 2.05) is 0 Å². The van der Waals surface area contributed by atoms with Gasteiger partial charge >= 0.3 is 0 Å². The predicted molar refractivity (Wildman–Crippen MR) is 47.3 cm³/mol. The Balaban J connectivity index is 2.77. The molecule has 0 aliphatic heterocycles.